The van der Waals surface area contributed by atoms with Crippen molar-refractivity contribution in [3.05, 3.63) is 17.5 Å². The fourth-order valence-corrected chi connectivity index (χ4v) is 3.24. The van der Waals surface area contributed by atoms with E-state index in [9.17, 15) is 4.79 Å². The Kier molecular flexibility index (Phi) is 4.26. The number of hydrogen-bond donors (Lipinski definition) is 1. The van der Waals surface area contributed by atoms with Gasteiger partial charge in [0.2, 0.25) is 0 Å². The fourth-order valence-electron chi connectivity index (χ4n) is 3.24. The second kappa shape index (κ2) is 6.15. The van der Waals surface area contributed by atoms with Crippen LogP contribution >= 0.6 is 0 Å². The normalized spacial score (nSPS) is 24.0. The molecule has 0 aromatic carbocycles. The fraction of sp³-hybridized carbons (Fsp3) is 0.733. The maximum atomic E-state index is 12.7. The van der Waals surface area contributed by atoms with Crippen molar-refractivity contribution in [3.8, 4) is 0 Å². The Morgan fingerprint density at radius 3 is 2.86 bits per heavy atom. The van der Waals surface area contributed by atoms with Gasteiger partial charge in [-0.05, 0) is 12.3 Å². The molecule has 1 aromatic rings. The number of H-pyrrole nitrogens is 1. The van der Waals surface area contributed by atoms with Gasteiger partial charge < -0.3 is 9.64 Å². The Hall–Kier alpha value is -1.40. The van der Waals surface area contributed by atoms with Gasteiger partial charge in [0.05, 0.1) is 30.7 Å². The minimum atomic E-state index is 0.114. The molecule has 0 bridgehead atoms. The molecule has 2 saturated heterocycles. The molecule has 0 aliphatic carbocycles. The van der Waals surface area contributed by atoms with Crippen LogP contribution in [-0.2, 0) is 4.74 Å². The van der Waals surface area contributed by atoms with Gasteiger partial charge in [-0.25, -0.2) is 0 Å². The molecule has 2 aliphatic rings. The number of carbonyl (C=O) groups is 1. The van der Waals surface area contributed by atoms with Crippen molar-refractivity contribution < 1.29 is 9.53 Å². The number of aromatic amines is 1. The number of likely N-dealkylation sites (tertiary alicyclic amines) is 1. The van der Waals surface area contributed by atoms with Gasteiger partial charge >= 0.3 is 0 Å². The number of nitrogens with zero attached hydrogens (tertiary/aromatic N) is 3. The molecule has 0 saturated carbocycles. The smallest absolute Gasteiger partial charge is 0.257 e. The Morgan fingerprint density at radius 2 is 2.14 bits per heavy atom. The maximum Gasteiger partial charge on any atom is 0.257 e. The van der Waals surface area contributed by atoms with Crippen molar-refractivity contribution in [1.82, 2.24) is 20.0 Å². The van der Waals surface area contributed by atoms with Crippen LogP contribution in [0.1, 0.15) is 42.2 Å². The third-order valence-electron chi connectivity index (χ3n) is 4.49. The van der Waals surface area contributed by atoms with Gasteiger partial charge in [0.15, 0.2) is 0 Å². The summed E-state index contributed by atoms with van der Waals surface area (Å²) in [5, 5.41) is 7.00. The lowest BCUT2D eigenvalue weighted by Gasteiger charge is -2.32. The summed E-state index contributed by atoms with van der Waals surface area (Å²) in [5.74, 6) is 0.396. The highest BCUT2D eigenvalue weighted by molar-refractivity contribution is 5.95. The SMILES string of the molecule is CC(C)c1[nH]ncc1C(=O)N1CC[C@@H](N2CCOCC2)C1. The molecule has 1 amide bonds. The zero-order chi connectivity index (χ0) is 14.8. The van der Waals surface area contributed by atoms with Crippen LogP contribution in [0, 0.1) is 0 Å². The van der Waals surface area contributed by atoms with E-state index in [-0.39, 0.29) is 11.8 Å². The zero-order valence-corrected chi connectivity index (χ0v) is 12.8. The van der Waals surface area contributed by atoms with E-state index in [4.69, 9.17) is 4.74 Å². The molecule has 21 heavy (non-hydrogen) atoms. The number of morpholine rings is 1. The summed E-state index contributed by atoms with van der Waals surface area (Å²) >= 11 is 0. The van der Waals surface area contributed by atoms with Gasteiger partial charge in [0.25, 0.3) is 5.91 Å². The van der Waals surface area contributed by atoms with E-state index in [0.717, 1.165) is 57.1 Å². The summed E-state index contributed by atoms with van der Waals surface area (Å²) < 4.78 is 5.40. The van der Waals surface area contributed by atoms with Crippen molar-refractivity contribution in [2.24, 2.45) is 0 Å². The topological polar surface area (TPSA) is 61.5 Å². The first-order valence-electron chi connectivity index (χ1n) is 7.81. The number of amides is 1. The number of ether oxygens (including phenoxy) is 1. The van der Waals surface area contributed by atoms with E-state index in [0.29, 0.717) is 6.04 Å². The number of carbonyl (C=O) groups excluding carboxylic acids is 1. The molecule has 0 unspecified atom stereocenters. The molecule has 116 valence electrons. The minimum Gasteiger partial charge on any atom is -0.379 e. The molecule has 2 fully saturated rings. The first-order valence-corrected chi connectivity index (χ1v) is 7.81. The summed E-state index contributed by atoms with van der Waals surface area (Å²) in [4.78, 5) is 17.1. The van der Waals surface area contributed by atoms with Crippen LogP contribution < -0.4 is 0 Å². The van der Waals surface area contributed by atoms with Crippen LogP contribution in [0.15, 0.2) is 6.20 Å². The summed E-state index contributed by atoms with van der Waals surface area (Å²) in [6.45, 7) is 9.39. The molecule has 6 heteroatoms. The summed E-state index contributed by atoms with van der Waals surface area (Å²) in [6, 6.07) is 0.479. The second-order valence-corrected chi connectivity index (χ2v) is 6.19. The maximum absolute atomic E-state index is 12.7. The number of hydrogen-bond acceptors (Lipinski definition) is 4. The number of rotatable bonds is 3. The van der Waals surface area contributed by atoms with E-state index in [2.05, 4.69) is 28.9 Å². The van der Waals surface area contributed by atoms with Gasteiger partial charge in [-0.1, -0.05) is 13.8 Å². The quantitative estimate of drug-likeness (QED) is 0.905. The molecule has 0 spiro atoms. The van der Waals surface area contributed by atoms with Crippen LogP contribution in [0.3, 0.4) is 0 Å². The molecule has 0 radical (unpaired) electrons. The molecule has 6 nitrogen and oxygen atoms in total. The largest absolute Gasteiger partial charge is 0.379 e. The summed E-state index contributed by atoms with van der Waals surface area (Å²) in [5.41, 5.74) is 1.67. The Balaban J connectivity index is 1.65. The lowest BCUT2D eigenvalue weighted by atomic mass is 10.1. The van der Waals surface area contributed by atoms with Crippen molar-refractivity contribution >= 4 is 5.91 Å². The Labute approximate surface area is 125 Å². The van der Waals surface area contributed by atoms with Crippen LogP contribution in [0.25, 0.3) is 0 Å². The highest BCUT2D eigenvalue weighted by Crippen LogP contribution is 2.22. The van der Waals surface area contributed by atoms with Gasteiger partial charge in [-0.2, -0.15) is 5.10 Å². The summed E-state index contributed by atoms with van der Waals surface area (Å²) in [7, 11) is 0. The third kappa shape index (κ3) is 2.96. The molecule has 3 rings (SSSR count). The molecule has 1 aromatic heterocycles. The number of nitrogens with one attached hydrogen (secondary N) is 1. The van der Waals surface area contributed by atoms with Gasteiger partial charge in [-0.3, -0.25) is 14.8 Å². The lowest BCUT2D eigenvalue weighted by Crippen LogP contribution is -2.45. The number of aromatic nitrogens is 2. The van der Waals surface area contributed by atoms with Crippen molar-refractivity contribution in [2.45, 2.75) is 32.2 Å². The first kappa shape index (κ1) is 14.5. The van der Waals surface area contributed by atoms with Crippen LogP contribution in [-0.4, -0.2) is 71.3 Å². The van der Waals surface area contributed by atoms with Crippen molar-refractivity contribution in [2.75, 3.05) is 39.4 Å². The van der Waals surface area contributed by atoms with Gasteiger partial charge in [0.1, 0.15) is 0 Å². The van der Waals surface area contributed by atoms with Gasteiger partial charge in [0, 0.05) is 32.2 Å². The van der Waals surface area contributed by atoms with Crippen LogP contribution in [0.5, 0.6) is 0 Å². The standard InChI is InChI=1S/C15H24N4O2/c1-11(2)14-13(9-16-17-14)15(20)19-4-3-12(10-19)18-5-7-21-8-6-18/h9,11-12H,3-8,10H2,1-2H3,(H,16,17)/t12-/m1/s1. The van der Waals surface area contributed by atoms with E-state index in [1.165, 1.54) is 0 Å². The van der Waals surface area contributed by atoms with Crippen LogP contribution in [0.4, 0.5) is 0 Å². The molecule has 1 atom stereocenters. The van der Waals surface area contributed by atoms with E-state index >= 15 is 0 Å². The molecular formula is C15H24N4O2. The van der Waals surface area contributed by atoms with E-state index < -0.39 is 0 Å². The van der Waals surface area contributed by atoms with E-state index in [1.54, 1.807) is 6.20 Å². The summed E-state index contributed by atoms with van der Waals surface area (Å²) in [6.07, 6.45) is 2.72. The highest BCUT2D eigenvalue weighted by atomic mass is 16.5. The predicted molar refractivity (Wildman–Crippen MR) is 79.4 cm³/mol. The van der Waals surface area contributed by atoms with Gasteiger partial charge in [-0.15, -0.1) is 0 Å². The first-order chi connectivity index (χ1) is 10.2. The van der Waals surface area contributed by atoms with Crippen molar-refractivity contribution in [3.63, 3.8) is 0 Å². The van der Waals surface area contributed by atoms with Crippen LogP contribution in [0.2, 0.25) is 0 Å². The third-order valence-corrected chi connectivity index (χ3v) is 4.49. The van der Waals surface area contributed by atoms with Crippen molar-refractivity contribution in [1.29, 1.82) is 0 Å². The average Bonchev–Trinajstić information content (AvgIpc) is 3.17. The Bertz CT molecular complexity index is 494. The average molecular weight is 292 g/mol. The molecular weight excluding hydrogens is 268 g/mol. The Morgan fingerprint density at radius 1 is 1.38 bits per heavy atom. The molecule has 1 N–H and O–H groups in total. The van der Waals surface area contributed by atoms with E-state index in [1.807, 2.05) is 4.90 Å². The predicted octanol–water partition coefficient (Wildman–Crippen LogP) is 1.08. The minimum absolute atomic E-state index is 0.114. The lowest BCUT2D eigenvalue weighted by molar-refractivity contribution is 0.0185. The molecule has 3 heterocycles. The zero-order valence-electron chi connectivity index (χ0n) is 12.8. The monoisotopic (exact) mass is 292 g/mol. The second-order valence-electron chi connectivity index (χ2n) is 6.19. The highest BCUT2D eigenvalue weighted by Gasteiger charge is 2.32. The molecule has 2 aliphatic heterocycles.